The van der Waals surface area contributed by atoms with Crippen LogP contribution in [0, 0.1) is 0 Å². The molecule has 1 unspecified atom stereocenters. The summed E-state index contributed by atoms with van der Waals surface area (Å²) in [5.74, 6) is 2.98. The quantitative estimate of drug-likeness (QED) is 0.808. The first-order chi connectivity index (χ1) is 7.27. The van der Waals surface area contributed by atoms with Crippen LogP contribution in [0.3, 0.4) is 0 Å². The smallest absolute Gasteiger partial charge is 0.119 e. The zero-order chi connectivity index (χ0) is 11.1. The first-order valence-corrected chi connectivity index (χ1v) is 6.49. The van der Waals surface area contributed by atoms with E-state index >= 15 is 0 Å². The molecule has 0 spiro atoms. The first-order valence-electron chi connectivity index (χ1n) is 5.34. The molecule has 0 aromatic heterocycles. The van der Waals surface area contributed by atoms with Gasteiger partial charge in [0.15, 0.2) is 0 Å². The molecule has 0 aliphatic heterocycles. The van der Waals surface area contributed by atoms with Crippen LogP contribution >= 0.6 is 11.8 Å². The predicted molar refractivity (Wildman–Crippen MR) is 67.5 cm³/mol. The minimum Gasteiger partial charge on any atom is -0.494 e. The van der Waals surface area contributed by atoms with E-state index in [4.69, 9.17) is 10.5 Å². The fourth-order valence-corrected chi connectivity index (χ4v) is 2.02. The standard InChI is InChI=1S/C12H19NOS/c1-3-14-11-7-5-6-10(8-11)12(13)9-15-4-2/h5-8,12H,3-4,9,13H2,1-2H3. The van der Waals surface area contributed by atoms with E-state index in [9.17, 15) is 0 Å². The van der Waals surface area contributed by atoms with Gasteiger partial charge < -0.3 is 10.5 Å². The molecule has 0 heterocycles. The highest BCUT2D eigenvalue weighted by molar-refractivity contribution is 7.99. The normalized spacial score (nSPS) is 12.5. The molecule has 0 bridgehead atoms. The van der Waals surface area contributed by atoms with Crippen LogP contribution in [0.25, 0.3) is 0 Å². The molecule has 2 nitrogen and oxygen atoms in total. The maximum atomic E-state index is 6.07. The van der Waals surface area contributed by atoms with Crippen LogP contribution in [0.4, 0.5) is 0 Å². The van der Waals surface area contributed by atoms with Gasteiger partial charge in [-0.1, -0.05) is 19.1 Å². The molecular weight excluding hydrogens is 206 g/mol. The summed E-state index contributed by atoms with van der Waals surface area (Å²) < 4.78 is 5.44. The molecular formula is C12H19NOS. The first kappa shape index (κ1) is 12.4. The van der Waals surface area contributed by atoms with Gasteiger partial charge in [-0.15, -0.1) is 0 Å². The Morgan fingerprint density at radius 3 is 2.87 bits per heavy atom. The van der Waals surface area contributed by atoms with Crippen molar-refractivity contribution in [3.63, 3.8) is 0 Å². The number of thioether (sulfide) groups is 1. The van der Waals surface area contributed by atoms with E-state index < -0.39 is 0 Å². The number of benzene rings is 1. The molecule has 0 saturated heterocycles. The lowest BCUT2D eigenvalue weighted by Crippen LogP contribution is -2.13. The van der Waals surface area contributed by atoms with Crippen LogP contribution in [-0.2, 0) is 0 Å². The van der Waals surface area contributed by atoms with Gasteiger partial charge in [-0.25, -0.2) is 0 Å². The molecule has 3 heteroatoms. The number of hydrogen-bond acceptors (Lipinski definition) is 3. The van der Waals surface area contributed by atoms with Gasteiger partial charge in [-0.2, -0.15) is 11.8 Å². The topological polar surface area (TPSA) is 35.2 Å². The fraction of sp³-hybridized carbons (Fsp3) is 0.500. The minimum absolute atomic E-state index is 0.107. The Morgan fingerprint density at radius 1 is 1.40 bits per heavy atom. The Balaban J connectivity index is 2.62. The van der Waals surface area contributed by atoms with Gasteiger partial charge in [0.25, 0.3) is 0 Å². The Kier molecular flexibility index (Phi) is 5.58. The van der Waals surface area contributed by atoms with Crippen LogP contribution in [0.1, 0.15) is 25.5 Å². The largest absolute Gasteiger partial charge is 0.494 e. The van der Waals surface area contributed by atoms with E-state index in [1.807, 2.05) is 36.9 Å². The van der Waals surface area contributed by atoms with Crippen molar-refractivity contribution < 1.29 is 4.74 Å². The lowest BCUT2D eigenvalue weighted by molar-refractivity contribution is 0.339. The van der Waals surface area contributed by atoms with Crippen molar-refractivity contribution >= 4 is 11.8 Å². The third-order valence-corrected chi connectivity index (χ3v) is 3.10. The maximum absolute atomic E-state index is 6.07. The fourth-order valence-electron chi connectivity index (χ4n) is 1.34. The van der Waals surface area contributed by atoms with Gasteiger partial charge in [-0.3, -0.25) is 0 Å². The Hall–Kier alpha value is -0.670. The lowest BCUT2D eigenvalue weighted by atomic mass is 10.1. The van der Waals surface area contributed by atoms with Crippen molar-refractivity contribution in [2.75, 3.05) is 18.1 Å². The van der Waals surface area contributed by atoms with Gasteiger partial charge in [0.05, 0.1) is 6.61 Å². The molecule has 0 aliphatic rings. The van der Waals surface area contributed by atoms with E-state index in [-0.39, 0.29) is 6.04 Å². The van der Waals surface area contributed by atoms with Crippen molar-refractivity contribution in [3.05, 3.63) is 29.8 Å². The molecule has 1 rings (SSSR count). The summed E-state index contributed by atoms with van der Waals surface area (Å²) in [5, 5.41) is 0. The third-order valence-electron chi connectivity index (χ3n) is 2.10. The summed E-state index contributed by atoms with van der Waals surface area (Å²) in [6.45, 7) is 4.83. The molecule has 1 aromatic carbocycles. The highest BCUT2D eigenvalue weighted by Gasteiger charge is 2.06. The van der Waals surface area contributed by atoms with Gasteiger partial charge in [0.1, 0.15) is 5.75 Å². The second-order valence-electron chi connectivity index (χ2n) is 3.27. The highest BCUT2D eigenvalue weighted by atomic mass is 32.2. The third kappa shape index (κ3) is 4.14. The summed E-state index contributed by atoms with van der Waals surface area (Å²) >= 11 is 1.86. The monoisotopic (exact) mass is 225 g/mol. The molecule has 0 radical (unpaired) electrons. The van der Waals surface area contributed by atoms with E-state index in [1.54, 1.807) is 0 Å². The van der Waals surface area contributed by atoms with Crippen molar-refractivity contribution in [2.45, 2.75) is 19.9 Å². The maximum Gasteiger partial charge on any atom is 0.119 e. The number of nitrogens with two attached hydrogens (primary N) is 1. The van der Waals surface area contributed by atoms with Crippen LogP contribution < -0.4 is 10.5 Å². The summed E-state index contributed by atoms with van der Waals surface area (Å²) in [7, 11) is 0. The molecule has 84 valence electrons. The Morgan fingerprint density at radius 2 is 2.20 bits per heavy atom. The van der Waals surface area contributed by atoms with Gasteiger partial charge >= 0.3 is 0 Å². The molecule has 0 amide bonds. The molecule has 0 saturated carbocycles. The van der Waals surface area contributed by atoms with Crippen LogP contribution in [0.5, 0.6) is 5.75 Å². The van der Waals surface area contributed by atoms with E-state index in [1.165, 1.54) is 0 Å². The van der Waals surface area contributed by atoms with Gasteiger partial charge in [0.2, 0.25) is 0 Å². The summed E-state index contributed by atoms with van der Waals surface area (Å²) in [5.41, 5.74) is 7.22. The molecule has 0 aliphatic carbocycles. The second kappa shape index (κ2) is 6.75. The van der Waals surface area contributed by atoms with Crippen molar-refractivity contribution in [1.82, 2.24) is 0 Å². The molecule has 1 aromatic rings. The molecule has 0 fully saturated rings. The zero-order valence-electron chi connectivity index (χ0n) is 9.40. The average molecular weight is 225 g/mol. The highest BCUT2D eigenvalue weighted by Crippen LogP contribution is 2.20. The number of rotatable bonds is 6. The average Bonchev–Trinajstić information content (AvgIpc) is 2.27. The van der Waals surface area contributed by atoms with Crippen LogP contribution in [0.2, 0.25) is 0 Å². The van der Waals surface area contributed by atoms with Gasteiger partial charge in [-0.05, 0) is 30.4 Å². The summed E-state index contributed by atoms with van der Waals surface area (Å²) in [6.07, 6.45) is 0. The number of ether oxygens (including phenoxy) is 1. The van der Waals surface area contributed by atoms with Crippen molar-refractivity contribution in [1.29, 1.82) is 0 Å². The lowest BCUT2D eigenvalue weighted by Gasteiger charge is -2.12. The van der Waals surface area contributed by atoms with Crippen molar-refractivity contribution in [2.24, 2.45) is 5.73 Å². The van der Waals surface area contributed by atoms with E-state index in [0.29, 0.717) is 6.61 Å². The SMILES string of the molecule is CCOc1cccc(C(N)CSCC)c1. The van der Waals surface area contributed by atoms with Gasteiger partial charge in [0, 0.05) is 11.8 Å². The Labute approximate surface area is 96.2 Å². The van der Waals surface area contributed by atoms with E-state index in [0.717, 1.165) is 22.8 Å². The summed E-state index contributed by atoms with van der Waals surface area (Å²) in [4.78, 5) is 0. The molecule has 2 N–H and O–H groups in total. The molecule has 1 atom stereocenters. The number of hydrogen-bond donors (Lipinski definition) is 1. The van der Waals surface area contributed by atoms with E-state index in [2.05, 4.69) is 13.0 Å². The molecule has 15 heavy (non-hydrogen) atoms. The van der Waals surface area contributed by atoms with Crippen LogP contribution in [0.15, 0.2) is 24.3 Å². The second-order valence-corrected chi connectivity index (χ2v) is 4.59. The predicted octanol–water partition coefficient (Wildman–Crippen LogP) is 2.84. The Bertz CT molecular complexity index is 291. The minimum atomic E-state index is 0.107. The summed E-state index contributed by atoms with van der Waals surface area (Å²) in [6, 6.07) is 8.16. The zero-order valence-corrected chi connectivity index (χ0v) is 10.2. The van der Waals surface area contributed by atoms with Crippen LogP contribution in [-0.4, -0.2) is 18.1 Å². The van der Waals surface area contributed by atoms with Crippen molar-refractivity contribution in [3.8, 4) is 5.75 Å².